The zero-order valence-corrected chi connectivity index (χ0v) is 13.5. The molecule has 0 saturated carbocycles. The van der Waals surface area contributed by atoms with Crippen molar-refractivity contribution >= 4 is 17.0 Å². The fraction of sp³-hybridized carbons (Fsp3) is 0.412. The molecule has 7 heteroatoms. The first-order valence-electron chi connectivity index (χ1n) is 8.29. The van der Waals surface area contributed by atoms with Crippen molar-refractivity contribution in [1.29, 1.82) is 0 Å². The lowest BCUT2D eigenvalue weighted by molar-refractivity contribution is 0.0705. The number of H-pyrrole nitrogens is 1. The van der Waals surface area contributed by atoms with Gasteiger partial charge in [-0.25, -0.2) is 4.98 Å². The summed E-state index contributed by atoms with van der Waals surface area (Å²) in [6.45, 7) is 3.47. The van der Waals surface area contributed by atoms with Gasteiger partial charge in [0.2, 0.25) is 0 Å². The van der Waals surface area contributed by atoms with Crippen molar-refractivity contribution in [2.75, 3.05) is 13.1 Å². The van der Waals surface area contributed by atoms with Gasteiger partial charge in [-0.05, 0) is 31.4 Å². The number of carbonyl (C=O) groups is 1. The van der Waals surface area contributed by atoms with E-state index in [1.807, 2.05) is 24.0 Å². The van der Waals surface area contributed by atoms with Crippen LogP contribution in [0.4, 0.5) is 0 Å². The Hall–Kier alpha value is -2.70. The normalized spacial score (nSPS) is 18.2. The second-order valence-electron chi connectivity index (χ2n) is 6.16. The van der Waals surface area contributed by atoms with Crippen LogP contribution in [-0.2, 0) is 6.42 Å². The Morgan fingerprint density at radius 2 is 2.42 bits per heavy atom. The van der Waals surface area contributed by atoms with E-state index in [0.29, 0.717) is 23.7 Å². The molecule has 1 N–H and O–H groups in total. The van der Waals surface area contributed by atoms with Gasteiger partial charge in [0.1, 0.15) is 0 Å². The topological polar surface area (TPSA) is 87.9 Å². The largest absolute Gasteiger partial charge is 0.338 e. The lowest BCUT2D eigenvalue weighted by Crippen LogP contribution is -2.39. The van der Waals surface area contributed by atoms with Gasteiger partial charge in [0.25, 0.3) is 11.6 Å². The van der Waals surface area contributed by atoms with Gasteiger partial charge >= 0.3 is 0 Å². The first-order chi connectivity index (χ1) is 11.8. The molecule has 0 spiro atoms. The Morgan fingerprint density at radius 3 is 3.21 bits per heavy atom. The number of aromatic nitrogens is 4. The molecular formula is C17H19N5O2. The SMILES string of the molecule is CCc1noc2ncc(C(=O)N3CCC[C@@H](c4ccn[nH]4)C3)cc12. The van der Waals surface area contributed by atoms with Crippen molar-refractivity contribution in [3.05, 3.63) is 41.5 Å². The molecule has 7 nitrogen and oxygen atoms in total. The van der Waals surface area contributed by atoms with Crippen LogP contribution >= 0.6 is 0 Å². The highest BCUT2D eigenvalue weighted by atomic mass is 16.5. The third-order valence-corrected chi connectivity index (χ3v) is 4.66. The summed E-state index contributed by atoms with van der Waals surface area (Å²) in [5.74, 6) is 0.320. The van der Waals surface area contributed by atoms with E-state index in [1.165, 1.54) is 0 Å². The van der Waals surface area contributed by atoms with Gasteiger partial charge < -0.3 is 9.42 Å². The van der Waals surface area contributed by atoms with Crippen molar-refractivity contribution in [3.63, 3.8) is 0 Å². The summed E-state index contributed by atoms with van der Waals surface area (Å²) in [4.78, 5) is 19.0. The molecule has 0 aromatic carbocycles. The van der Waals surface area contributed by atoms with E-state index in [4.69, 9.17) is 4.52 Å². The summed E-state index contributed by atoms with van der Waals surface area (Å²) in [5.41, 5.74) is 3.00. The van der Waals surface area contributed by atoms with E-state index in [2.05, 4.69) is 20.3 Å². The number of piperidine rings is 1. The monoisotopic (exact) mass is 325 g/mol. The molecule has 1 aliphatic rings. The standard InChI is InChI=1S/C17H19N5O2/c1-2-14-13-8-12(9-18-16(13)24-21-14)17(23)22-7-3-4-11(10-22)15-5-6-19-20-15/h5-6,8-9,11H,2-4,7,10H2,1H3,(H,19,20)/t11-/m1/s1. The molecule has 4 rings (SSSR count). The highest BCUT2D eigenvalue weighted by Crippen LogP contribution is 2.27. The molecule has 4 heterocycles. The minimum atomic E-state index is 0.0110. The highest BCUT2D eigenvalue weighted by molar-refractivity contribution is 5.97. The number of nitrogens with one attached hydrogen (secondary N) is 1. The molecule has 3 aromatic rings. The summed E-state index contributed by atoms with van der Waals surface area (Å²) in [6, 6.07) is 3.83. The second kappa shape index (κ2) is 6.07. The van der Waals surface area contributed by atoms with Gasteiger partial charge in [0, 0.05) is 37.1 Å². The summed E-state index contributed by atoms with van der Waals surface area (Å²) >= 11 is 0. The molecule has 3 aromatic heterocycles. The Kier molecular flexibility index (Phi) is 3.76. The summed E-state index contributed by atoms with van der Waals surface area (Å²) in [6.07, 6.45) is 6.13. The van der Waals surface area contributed by atoms with E-state index in [0.717, 1.165) is 42.6 Å². The molecule has 1 saturated heterocycles. The number of aromatic amines is 1. The zero-order valence-electron chi connectivity index (χ0n) is 13.5. The number of pyridine rings is 1. The van der Waals surface area contributed by atoms with Crippen LogP contribution in [0.3, 0.4) is 0 Å². The van der Waals surface area contributed by atoms with E-state index < -0.39 is 0 Å². The fourth-order valence-corrected chi connectivity index (χ4v) is 3.34. The predicted octanol–water partition coefficient (Wildman–Crippen LogP) is 2.53. The van der Waals surface area contributed by atoms with Gasteiger partial charge in [0.15, 0.2) is 0 Å². The molecule has 1 fully saturated rings. The number of hydrogen-bond donors (Lipinski definition) is 1. The summed E-state index contributed by atoms with van der Waals surface area (Å²) in [7, 11) is 0. The summed E-state index contributed by atoms with van der Waals surface area (Å²) < 4.78 is 5.19. The zero-order chi connectivity index (χ0) is 16.5. The molecule has 1 aliphatic heterocycles. The molecule has 0 bridgehead atoms. The van der Waals surface area contributed by atoms with Gasteiger partial charge in [-0.2, -0.15) is 5.10 Å². The minimum Gasteiger partial charge on any atom is -0.338 e. The Labute approximate surface area is 139 Å². The Balaban J connectivity index is 1.58. The molecule has 0 aliphatic carbocycles. The van der Waals surface area contributed by atoms with E-state index in [-0.39, 0.29) is 5.91 Å². The van der Waals surface area contributed by atoms with E-state index in [1.54, 1.807) is 12.4 Å². The molecule has 0 radical (unpaired) electrons. The van der Waals surface area contributed by atoms with E-state index in [9.17, 15) is 4.79 Å². The van der Waals surface area contributed by atoms with Gasteiger partial charge in [-0.15, -0.1) is 0 Å². The lowest BCUT2D eigenvalue weighted by Gasteiger charge is -2.32. The van der Waals surface area contributed by atoms with Crippen LogP contribution < -0.4 is 0 Å². The highest BCUT2D eigenvalue weighted by Gasteiger charge is 2.26. The predicted molar refractivity (Wildman–Crippen MR) is 87.6 cm³/mol. The number of amides is 1. The maximum Gasteiger partial charge on any atom is 0.257 e. The maximum atomic E-state index is 12.9. The Morgan fingerprint density at radius 1 is 1.50 bits per heavy atom. The van der Waals surface area contributed by atoms with Crippen molar-refractivity contribution < 1.29 is 9.32 Å². The summed E-state index contributed by atoms with van der Waals surface area (Å²) in [5, 5.41) is 11.9. The minimum absolute atomic E-state index is 0.0110. The molecule has 24 heavy (non-hydrogen) atoms. The molecule has 1 amide bonds. The Bertz CT molecular complexity index is 855. The van der Waals surface area contributed by atoms with Crippen LogP contribution in [-0.4, -0.2) is 44.2 Å². The first kappa shape index (κ1) is 14.9. The molecule has 1 atom stereocenters. The van der Waals surface area contributed by atoms with Crippen molar-refractivity contribution in [2.24, 2.45) is 0 Å². The third kappa shape index (κ3) is 2.55. The number of likely N-dealkylation sites (tertiary alicyclic amines) is 1. The van der Waals surface area contributed by atoms with Crippen LogP contribution in [0.5, 0.6) is 0 Å². The number of hydrogen-bond acceptors (Lipinski definition) is 5. The number of fused-ring (bicyclic) bond motifs is 1. The average molecular weight is 325 g/mol. The molecule has 124 valence electrons. The number of aryl methyl sites for hydroxylation is 1. The first-order valence-corrected chi connectivity index (χ1v) is 8.29. The van der Waals surface area contributed by atoms with E-state index >= 15 is 0 Å². The van der Waals surface area contributed by atoms with Crippen LogP contribution in [0.25, 0.3) is 11.1 Å². The molecular weight excluding hydrogens is 306 g/mol. The second-order valence-corrected chi connectivity index (χ2v) is 6.16. The van der Waals surface area contributed by atoms with Crippen LogP contribution in [0.15, 0.2) is 29.0 Å². The number of rotatable bonds is 3. The van der Waals surface area contributed by atoms with Crippen LogP contribution in [0, 0.1) is 0 Å². The lowest BCUT2D eigenvalue weighted by atomic mass is 9.94. The van der Waals surface area contributed by atoms with Gasteiger partial charge in [-0.1, -0.05) is 12.1 Å². The van der Waals surface area contributed by atoms with Gasteiger partial charge in [-0.3, -0.25) is 9.89 Å². The van der Waals surface area contributed by atoms with Gasteiger partial charge in [0.05, 0.1) is 16.6 Å². The van der Waals surface area contributed by atoms with Crippen molar-refractivity contribution in [3.8, 4) is 0 Å². The van der Waals surface area contributed by atoms with Crippen LogP contribution in [0.1, 0.15) is 47.4 Å². The fourth-order valence-electron chi connectivity index (χ4n) is 3.34. The molecule has 0 unspecified atom stereocenters. The maximum absolute atomic E-state index is 12.9. The van der Waals surface area contributed by atoms with Crippen molar-refractivity contribution in [2.45, 2.75) is 32.1 Å². The van der Waals surface area contributed by atoms with Crippen molar-refractivity contribution in [1.82, 2.24) is 25.2 Å². The smallest absolute Gasteiger partial charge is 0.257 e. The van der Waals surface area contributed by atoms with Crippen LogP contribution in [0.2, 0.25) is 0 Å². The average Bonchev–Trinajstić information content (AvgIpc) is 3.30. The number of carbonyl (C=O) groups excluding carboxylic acids is 1. The third-order valence-electron chi connectivity index (χ3n) is 4.66. The quantitative estimate of drug-likeness (QED) is 0.799. The number of nitrogens with zero attached hydrogens (tertiary/aromatic N) is 4.